The number of nitrogens with one attached hydrogen (secondary N) is 1. The molecule has 2 unspecified atom stereocenters. The molecule has 0 saturated heterocycles. The van der Waals surface area contributed by atoms with E-state index in [2.05, 4.69) is 5.32 Å². The summed E-state index contributed by atoms with van der Waals surface area (Å²) in [6, 6.07) is -1.28. The van der Waals surface area contributed by atoms with Crippen molar-refractivity contribution in [3.05, 3.63) is 0 Å². The Morgan fingerprint density at radius 2 is 1.52 bits per heavy atom. The predicted molar refractivity (Wildman–Crippen MR) is 102 cm³/mol. The predicted octanol–water partition coefficient (Wildman–Crippen LogP) is 1.18. The molecule has 0 rings (SSSR count). The van der Waals surface area contributed by atoms with Crippen molar-refractivity contribution in [2.45, 2.75) is 59.6 Å². The number of esters is 3. The van der Waals surface area contributed by atoms with E-state index in [-0.39, 0.29) is 32.2 Å². The maximum absolute atomic E-state index is 12.3. The first-order valence-corrected chi connectivity index (χ1v) is 9.51. The average molecular weight is 419 g/mol. The standard InChI is InChI=1S/C19H33NO9/c1-7-26-17(24)14(20-18(25)29-19(4,5)6)11-28-16(23)13(8-9-21)10-27-15(22)12(2)3/h12-14,21H,7-11H2,1-6H3,(H,20,25). The number of rotatable bonds is 11. The van der Waals surface area contributed by atoms with Gasteiger partial charge < -0.3 is 29.4 Å². The van der Waals surface area contributed by atoms with Gasteiger partial charge in [-0.2, -0.15) is 0 Å². The zero-order valence-electron chi connectivity index (χ0n) is 18.0. The molecule has 0 spiro atoms. The van der Waals surface area contributed by atoms with Crippen LogP contribution in [-0.2, 0) is 33.3 Å². The van der Waals surface area contributed by atoms with Crippen molar-refractivity contribution >= 4 is 24.0 Å². The van der Waals surface area contributed by atoms with Gasteiger partial charge >= 0.3 is 24.0 Å². The fraction of sp³-hybridized carbons (Fsp3) is 0.789. The highest BCUT2D eigenvalue weighted by atomic mass is 16.6. The summed E-state index contributed by atoms with van der Waals surface area (Å²) in [6.45, 7) is 8.83. The van der Waals surface area contributed by atoms with Gasteiger partial charge in [0.1, 0.15) is 18.8 Å². The molecule has 0 saturated carbocycles. The highest BCUT2D eigenvalue weighted by Gasteiger charge is 2.29. The van der Waals surface area contributed by atoms with Crippen LogP contribution in [0.5, 0.6) is 0 Å². The molecule has 0 radical (unpaired) electrons. The molecular formula is C19H33NO9. The van der Waals surface area contributed by atoms with E-state index in [4.69, 9.17) is 24.1 Å². The van der Waals surface area contributed by atoms with Gasteiger partial charge in [-0.25, -0.2) is 9.59 Å². The number of alkyl carbamates (subject to hydrolysis) is 1. The van der Waals surface area contributed by atoms with Crippen LogP contribution in [0.3, 0.4) is 0 Å². The van der Waals surface area contributed by atoms with Gasteiger partial charge in [0.2, 0.25) is 0 Å². The Morgan fingerprint density at radius 1 is 0.931 bits per heavy atom. The van der Waals surface area contributed by atoms with Crippen molar-refractivity contribution < 1.29 is 43.2 Å². The minimum Gasteiger partial charge on any atom is -0.465 e. The number of hydrogen-bond acceptors (Lipinski definition) is 9. The zero-order chi connectivity index (χ0) is 22.6. The van der Waals surface area contributed by atoms with E-state index in [0.29, 0.717) is 0 Å². The molecule has 29 heavy (non-hydrogen) atoms. The number of amides is 1. The maximum Gasteiger partial charge on any atom is 0.408 e. The topological polar surface area (TPSA) is 137 Å². The summed E-state index contributed by atoms with van der Waals surface area (Å²) < 4.78 is 20.1. The first-order valence-electron chi connectivity index (χ1n) is 9.51. The van der Waals surface area contributed by atoms with Gasteiger partial charge in [0.05, 0.1) is 18.4 Å². The van der Waals surface area contributed by atoms with Crippen LogP contribution in [0, 0.1) is 11.8 Å². The van der Waals surface area contributed by atoms with Gasteiger partial charge in [-0.05, 0) is 34.1 Å². The van der Waals surface area contributed by atoms with Crippen molar-refractivity contribution in [2.24, 2.45) is 11.8 Å². The van der Waals surface area contributed by atoms with E-state index in [0.717, 1.165) is 0 Å². The van der Waals surface area contributed by atoms with Crippen molar-refractivity contribution in [1.29, 1.82) is 0 Å². The smallest absolute Gasteiger partial charge is 0.408 e. The minimum atomic E-state index is -1.28. The highest BCUT2D eigenvalue weighted by Crippen LogP contribution is 2.10. The van der Waals surface area contributed by atoms with E-state index in [9.17, 15) is 19.2 Å². The van der Waals surface area contributed by atoms with Crippen molar-refractivity contribution in [3.63, 3.8) is 0 Å². The lowest BCUT2D eigenvalue weighted by Gasteiger charge is -2.23. The molecule has 168 valence electrons. The van der Waals surface area contributed by atoms with E-state index in [1.807, 2.05) is 0 Å². The van der Waals surface area contributed by atoms with Crippen LogP contribution in [0.2, 0.25) is 0 Å². The fourth-order valence-corrected chi connectivity index (χ4v) is 1.92. The van der Waals surface area contributed by atoms with E-state index >= 15 is 0 Å². The van der Waals surface area contributed by atoms with Crippen LogP contribution in [-0.4, -0.2) is 67.2 Å². The quantitative estimate of drug-likeness (QED) is 0.373. The highest BCUT2D eigenvalue weighted by molar-refractivity contribution is 5.82. The van der Waals surface area contributed by atoms with Gasteiger partial charge in [-0.15, -0.1) is 0 Å². The molecule has 0 aliphatic rings. The molecule has 2 atom stereocenters. The fourth-order valence-electron chi connectivity index (χ4n) is 1.92. The van der Waals surface area contributed by atoms with Gasteiger partial charge in [-0.1, -0.05) is 13.8 Å². The minimum absolute atomic E-state index is 0.00771. The Balaban J connectivity index is 4.94. The van der Waals surface area contributed by atoms with Crippen LogP contribution in [0.1, 0.15) is 48.0 Å². The van der Waals surface area contributed by atoms with Crippen molar-refractivity contribution in [3.8, 4) is 0 Å². The number of hydrogen-bond donors (Lipinski definition) is 2. The van der Waals surface area contributed by atoms with Crippen LogP contribution < -0.4 is 5.32 Å². The van der Waals surface area contributed by atoms with Crippen molar-refractivity contribution in [2.75, 3.05) is 26.4 Å². The number of aliphatic hydroxyl groups excluding tert-OH is 1. The Kier molecular flexibility index (Phi) is 11.9. The summed E-state index contributed by atoms with van der Waals surface area (Å²) in [6.07, 6.45) is -0.863. The summed E-state index contributed by atoms with van der Waals surface area (Å²) in [7, 11) is 0. The Bertz CT molecular complexity index is 554. The third-order valence-electron chi connectivity index (χ3n) is 3.36. The molecule has 2 N–H and O–H groups in total. The number of carbonyl (C=O) groups is 4. The lowest BCUT2D eigenvalue weighted by Crippen LogP contribution is -2.47. The lowest BCUT2D eigenvalue weighted by molar-refractivity contribution is -0.159. The zero-order valence-corrected chi connectivity index (χ0v) is 18.0. The SMILES string of the molecule is CCOC(=O)C(COC(=O)C(CCO)COC(=O)C(C)C)NC(=O)OC(C)(C)C. The molecule has 0 aromatic heterocycles. The second kappa shape index (κ2) is 13.0. The van der Waals surface area contributed by atoms with Crippen molar-refractivity contribution in [1.82, 2.24) is 5.32 Å². The van der Waals surface area contributed by atoms with E-state index in [1.54, 1.807) is 41.5 Å². The molecule has 0 aliphatic carbocycles. The van der Waals surface area contributed by atoms with Crippen LogP contribution in [0.4, 0.5) is 4.79 Å². The van der Waals surface area contributed by atoms with Gasteiger partial charge in [0.15, 0.2) is 6.04 Å². The summed E-state index contributed by atoms with van der Waals surface area (Å²) in [5.41, 5.74) is -0.785. The molecule has 0 fully saturated rings. The van der Waals surface area contributed by atoms with Crippen LogP contribution in [0.25, 0.3) is 0 Å². The molecule has 0 aromatic carbocycles. The first kappa shape index (κ1) is 26.6. The summed E-state index contributed by atoms with van der Waals surface area (Å²) in [5, 5.41) is 11.4. The van der Waals surface area contributed by atoms with Gasteiger partial charge in [-0.3, -0.25) is 9.59 Å². The van der Waals surface area contributed by atoms with E-state index in [1.165, 1.54) is 0 Å². The van der Waals surface area contributed by atoms with Gasteiger partial charge in [0.25, 0.3) is 0 Å². The molecule has 1 amide bonds. The Labute approximate surface area is 171 Å². The van der Waals surface area contributed by atoms with Gasteiger partial charge in [0, 0.05) is 6.61 Å². The molecule has 0 aromatic rings. The maximum atomic E-state index is 12.3. The molecule has 0 bridgehead atoms. The molecular weight excluding hydrogens is 386 g/mol. The second-order valence-electron chi connectivity index (χ2n) is 7.57. The normalized spacial score (nSPS) is 13.2. The third-order valence-corrected chi connectivity index (χ3v) is 3.36. The Morgan fingerprint density at radius 3 is 2.00 bits per heavy atom. The Hall–Kier alpha value is -2.36. The summed E-state index contributed by atoms with van der Waals surface area (Å²) in [5.74, 6) is -3.34. The number of aliphatic hydroxyl groups is 1. The first-order chi connectivity index (χ1) is 13.4. The number of ether oxygens (including phenoxy) is 4. The lowest BCUT2D eigenvalue weighted by atomic mass is 10.1. The van der Waals surface area contributed by atoms with E-state index < -0.39 is 48.2 Å². The van der Waals surface area contributed by atoms with Crippen LogP contribution >= 0.6 is 0 Å². The van der Waals surface area contributed by atoms with Crippen LogP contribution in [0.15, 0.2) is 0 Å². The summed E-state index contributed by atoms with van der Waals surface area (Å²) >= 11 is 0. The molecule has 10 heteroatoms. The molecule has 0 aliphatic heterocycles. The second-order valence-corrected chi connectivity index (χ2v) is 7.57. The average Bonchev–Trinajstić information content (AvgIpc) is 2.59. The number of carbonyl (C=O) groups excluding carboxylic acids is 4. The third kappa shape index (κ3) is 11.9. The molecule has 0 heterocycles. The monoisotopic (exact) mass is 419 g/mol. The largest absolute Gasteiger partial charge is 0.465 e. The molecule has 10 nitrogen and oxygen atoms in total. The summed E-state index contributed by atoms with van der Waals surface area (Å²) in [4.78, 5) is 47.8.